The summed E-state index contributed by atoms with van der Waals surface area (Å²) in [6, 6.07) is 1.01. The highest BCUT2D eigenvalue weighted by Gasteiger charge is 2.40. The Morgan fingerprint density at radius 3 is 2.92 bits per heavy atom. The average Bonchev–Trinajstić information content (AvgIpc) is 2.49. The zero-order valence-corrected chi connectivity index (χ0v) is 7.84. The van der Waals surface area contributed by atoms with E-state index in [2.05, 4.69) is 4.90 Å². The molecule has 0 aromatic carbocycles. The maximum atomic E-state index is 2.79. The van der Waals surface area contributed by atoms with Crippen LogP contribution in [0.15, 0.2) is 0 Å². The van der Waals surface area contributed by atoms with Crippen molar-refractivity contribution >= 4 is 0 Å². The molecule has 0 spiro atoms. The van der Waals surface area contributed by atoms with Crippen LogP contribution >= 0.6 is 0 Å². The number of hydrogen-bond donors (Lipinski definition) is 0. The molecule has 4 unspecified atom stereocenters. The highest BCUT2D eigenvalue weighted by molar-refractivity contribution is 4.94. The van der Waals surface area contributed by atoms with Crippen LogP contribution in [0.3, 0.4) is 0 Å². The van der Waals surface area contributed by atoms with Crippen LogP contribution in [0.4, 0.5) is 0 Å². The molecule has 0 amide bonds. The molecule has 1 aliphatic carbocycles. The van der Waals surface area contributed by atoms with Crippen molar-refractivity contribution in [2.75, 3.05) is 13.1 Å². The van der Waals surface area contributed by atoms with E-state index < -0.39 is 0 Å². The predicted molar refractivity (Wildman–Crippen MR) is 50.0 cm³/mol. The Hall–Kier alpha value is -0.0400. The molecule has 3 rings (SSSR count). The standard InChI is InChI=1S/C11H19N/c1-2-4-11-10(3-1)7-9-5-6-12(11)8-9/h9-11H,1-8H2. The molecule has 1 nitrogen and oxygen atoms in total. The van der Waals surface area contributed by atoms with Gasteiger partial charge in [-0.1, -0.05) is 12.8 Å². The van der Waals surface area contributed by atoms with Gasteiger partial charge in [-0.3, -0.25) is 4.90 Å². The van der Waals surface area contributed by atoms with Crippen molar-refractivity contribution in [3.8, 4) is 0 Å². The molecule has 1 saturated carbocycles. The summed E-state index contributed by atoms with van der Waals surface area (Å²) < 4.78 is 0. The highest BCUT2D eigenvalue weighted by Crippen LogP contribution is 2.41. The fourth-order valence-corrected chi connectivity index (χ4v) is 3.73. The molecule has 0 aromatic rings. The number of fused-ring (bicyclic) bond motifs is 4. The van der Waals surface area contributed by atoms with E-state index in [1.54, 1.807) is 6.42 Å². The SMILES string of the molecule is C1CCC2C(C1)CC1CCN2C1. The fourth-order valence-electron chi connectivity index (χ4n) is 3.73. The van der Waals surface area contributed by atoms with Crippen LogP contribution in [0, 0.1) is 11.8 Å². The van der Waals surface area contributed by atoms with Crippen LogP contribution in [0.25, 0.3) is 0 Å². The third-order valence-electron chi connectivity index (χ3n) is 4.29. The van der Waals surface area contributed by atoms with Gasteiger partial charge in [0.1, 0.15) is 0 Å². The van der Waals surface area contributed by atoms with E-state index >= 15 is 0 Å². The van der Waals surface area contributed by atoms with Gasteiger partial charge in [-0.25, -0.2) is 0 Å². The Morgan fingerprint density at radius 2 is 1.92 bits per heavy atom. The van der Waals surface area contributed by atoms with Crippen molar-refractivity contribution in [1.29, 1.82) is 0 Å². The van der Waals surface area contributed by atoms with E-state index in [0.29, 0.717) is 0 Å². The Bertz CT molecular complexity index is 178. The molecular weight excluding hydrogens is 146 g/mol. The van der Waals surface area contributed by atoms with Crippen molar-refractivity contribution < 1.29 is 0 Å². The lowest BCUT2D eigenvalue weighted by atomic mass is 9.77. The lowest BCUT2D eigenvalue weighted by Crippen LogP contribution is -2.44. The first-order valence-electron chi connectivity index (χ1n) is 5.67. The van der Waals surface area contributed by atoms with Gasteiger partial charge in [-0.15, -0.1) is 0 Å². The molecule has 3 fully saturated rings. The Morgan fingerprint density at radius 1 is 1.00 bits per heavy atom. The first-order valence-corrected chi connectivity index (χ1v) is 5.67. The smallest absolute Gasteiger partial charge is 0.0124 e. The summed E-state index contributed by atoms with van der Waals surface area (Å²) in [5, 5.41) is 0. The lowest BCUT2D eigenvalue weighted by molar-refractivity contribution is 0.0798. The van der Waals surface area contributed by atoms with Crippen LogP contribution in [0.1, 0.15) is 38.5 Å². The van der Waals surface area contributed by atoms with Gasteiger partial charge in [-0.2, -0.15) is 0 Å². The van der Waals surface area contributed by atoms with Crippen molar-refractivity contribution in [3.05, 3.63) is 0 Å². The zero-order chi connectivity index (χ0) is 7.97. The minimum atomic E-state index is 1.01. The molecule has 2 heterocycles. The summed E-state index contributed by atoms with van der Waals surface area (Å²) in [4.78, 5) is 2.79. The van der Waals surface area contributed by atoms with Crippen LogP contribution in [0.5, 0.6) is 0 Å². The second kappa shape index (κ2) is 2.73. The quantitative estimate of drug-likeness (QED) is 0.532. The van der Waals surface area contributed by atoms with E-state index in [4.69, 9.17) is 0 Å². The topological polar surface area (TPSA) is 3.24 Å². The van der Waals surface area contributed by atoms with E-state index in [-0.39, 0.29) is 0 Å². The van der Waals surface area contributed by atoms with Crippen LogP contribution in [-0.4, -0.2) is 24.0 Å². The Labute approximate surface area is 75.1 Å². The molecule has 1 heteroatoms. The number of piperidine rings is 1. The van der Waals surface area contributed by atoms with Crippen molar-refractivity contribution in [3.63, 3.8) is 0 Å². The van der Waals surface area contributed by atoms with E-state index in [0.717, 1.165) is 17.9 Å². The molecule has 3 aliphatic rings. The van der Waals surface area contributed by atoms with Crippen LogP contribution in [0.2, 0.25) is 0 Å². The molecule has 4 atom stereocenters. The minimum absolute atomic E-state index is 1.01. The molecule has 0 N–H and O–H groups in total. The maximum absolute atomic E-state index is 2.79. The highest BCUT2D eigenvalue weighted by atomic mass is 15.2. The summed E-state index contributed by atoms with van der Waals surface area (Å²) in [5.41, 5.74) is 0. The van der Waals surface area contributed by atoms with Crippen LogP contribution in [-0.2, 0) is 0 Å². The number of rotatable bonds is 0. The van der Waals surface area contributed by atoms with Gasteiger partial charge in [0.25, 0.3) is 0 Å². The van der Waals surface area contributed by atoms with Gasteiger partial charge < -0.3 is 0 Å². The predicted octanol–water partition coefficient (Wildman–Crippen LogP) is 2.27. The normalized spacial score (nSPS) is 52.0. The third kappa shape index (κ3) is 1.02. The Balaban J connectivity index is 1.80. The largest absolute Gasteiger partial charge is 0.300 e. The zero-order valence-electron chi connectivity index (χ0n) is 7.84. The second-order valence-electron chi connectivity index (χ2n) is 5.00. The molecule has 0 radical (unpaired) electrons. The molecule has 68 valence electrons. The van der Waals surface area contributed by atoms with Crippen molar-refractivity contribution in [2.24, 2.45) is 11.8 Å². The number of hydrogen-bond acceptors (Lipinski definition) is 1. The van der Waals surface area contributed by atoms with Gasteiger partial charge in [-0.05, 0) is 44.1 Å². The first-order chi connectivity index (χ1) is 5.93. The minimum Gasteiger partial charge on any atom is -0.300 e. The van der Waals surface area contributed by atoms with Gasteiger partial charge in [0.05, 0.1) is 0 Å². The lowest BCUT2D eigenvalue weighted by Gasteiger charge is -2.42. The maximum Gasteiger partial charge on any atom is 0.0124 e. The molecule has 0 aromatic heterocycles. The van der Waals surface area contributed by atoms with Gasteiger partial charge in [0.15, 0.2) is 0 Å². The fraction of sp³-hybridized carbons (Fsp3) is 1.00. The van der Waals surface area contributed by atoms with E-state index in [9.17, 15) is 0 Å². The molecule has 2 aliphatic heterocycles. The van der Waals surface area contributed by atoms with Crippen molar-refractivity contribution in [2.45, 2.75) is 44.6 Å². The van der Waals surface area contributed by atoms with Gasteiger partial charge in [0.2, 0.25) is 0 Å². The molecule has 2 saturated heterocycles. The summed E-state index contributed by atoms with van der Waals surface area (Å²) in [6.07, 6.45) is 9.15. The average molecular weight is 165 g/mol. The Kier molecular flexibility index (Phi) is 1.68. The van der Waals surface area contributed by atoms with Crippen molar-refractivity contribution in [1.82, 2.24) is 4.90 Å². The van der Waals surface area contributed by atoms with Crippen LogP contribution < -0.4 is 0 Å². The van der Waals surface area contributed by atoms with Gasteiger partial charge >= 0.3 is 0 Å². The molecular formula is C11H19N. The first kappa shape index (κ1) is 7.37. The summed E-state index contributed by atoms with van der Waals surface area (Å²) in [5.74, 6) is 2.18. The monoisotopic (exact) mass is 165 g/mol. The van der Waals surface area contributed by atoms with Gasteiger partial charge in [0, 0.05) is 12.6 Å². The summed E-state index contributed by atoms with van der Waals surface area (Å²) >= 11 is 0. The van der Waals surface area contributed by atoms with E-state index in [1.807, 2.05) is 0 Å². The summed E-state index contributed by atoms with van der Waals surface area (Å²) in [6.45, 7) is 2.87. The summed E-state index contributed by atoms with van der Waals surface area (Å²) in [7, 11) is 0. The number of nitrogens with zero attached hydrogens (tertiary/aromatic N) is 1. The molecule has 12 heavy (non-hydrogen) atoms. The van der Waals surface area contributed by atoms with E-state index in [1.165, 1.54) is 45.2 Å². The third-order valence-corrected chi connectivity index (χ3v) is 4.29. The molecule has 2 bridgehead atoms. The second-order valence-corrected chi connectivity index (χ2v) is 5.00.